The maximum absolute atomic E-state index is 11.7. The van der Waals surface area contributed by atoms with E-state index >= 15 is 0 Å². The van der Waals surface area contributed by atoms with Crippen LogP contribution in [0, 0.1) is 0 Å². The van der Waals surface area contributed by atoms with E-state index in [0.717, 1.165) is 0 Å². The number of ether oxygens (including phenoxy) is 1. The van der Waals surface area contributed by atoms with Gasteiger partial charge < -0.3 is 9.15 Å². The zero-order valence-corrected chi connectivity index (χ0v) is 11.8. The Morgan fingerprint density at radius 3 is 2.37 bits per heavy atom. The fourth-order valence-corrected chi connectivity index (χ4v) is 1.80. The van der Waals surface area contributed by atoms with Crippen molar-refractivity contribution in [3.63, 3.8) is 0 Å². The first kappa shape index (κ1) is 13.5. The number of rotatable bonds is 4. The summed E-state index contributed by atoms with van der Waals surface area (Å²) >= 11 is 3.11. The number of hydrogen-bond acceptors (Lipinski definition) is 4. The summed E-state index contributed by atoms with van der Waals surface area (Å²) in [6, 6.07) is 9.55. The first-order valence-electron chi connectivity index (χ1n) is 5.71. The summed E-state index contributed by atoms with van der Waals surface area (Å²) in [5, 5.41) is 0. The van der Waals surface area contributed by atoms with E-state index in [9.17, 15) is 9.59 Å². The quantitative estimate of drug-likeness (QED) is 0.487. The highest BCUT2D eigenvalue weighted by Gasteiger charge is 2.13. The van der Waals surface area contributed by atoms with E-state index in [1.165, 1.54) is 6.07 Å². The van der Waals surface area contributed by atoms with E-state index in [0.29, 0.717) is 22.4 Å². The molecule has 98 valence electrons. The molecule has 0 fully saturated rings. The summed E-state index contributed by atoms with van der Waals surface area (Å²) in [6.07, 6.45) is 0.444. The molecule has 0 bridgehead atoms. The minimum Gasteiger partial charge on any atom is -0.442 e. The maximum Gasteiger partial charge on any atom is 0.379 e. The van der Waals surface area contributed by atoms with E-state index in [-0.39, 0.29) is 11.5 Å². The molecule has 0 saturated heterocycles. The Balaban J connectivity index is 2.07. The molecule has 0 amide bonds. The van der Waals surface area contributed by atoms with Crippen molar-refractivity contribution in [1.82, 2.24) is 0 Å². The van der Waals surface area contributed by atoms with E-state index in [4.69, 9.17) is 9.15 Å². The third-order valence-electron chi connectivity index (χ3n) is 2.48. The van der Waals surface area contributed by atoms with Crippen LogP contribution in [0.3, 0.4) is 0 Å². The maximum atomic E-state index is 11.7. The second kappa shape index (κ2) is 5.84. The standard InChI is InChI=1S/C14H11BrO4/c1-2-11(16)9-3-5-10(6-4-9)18-14(17)12-7-8-13(15)19-12/h3-8H,2H2,1H3. The molecule has 0 radical (unpaired) electrons. The minimum atomic E-state index is -0.583. The Morgan fingerprint density at radius 1 is 1.16 bits per heavy atom. The van der Waals surface area contributed by atoms with Gasteiger partial charge in [-0.1, -0.05) is 6.92 Å². The van der Waals surface area contributed by atoms with Crippen molar-refractivity contribution in [2.24, 2.45) is 0 Å². The molecule has 0 aliphatic heterocycles. The highest BCUT2D eigenvalue weighted by atomic mass is 79.9. The first-order chi connectivity index (χ1) is 9.10. The van der Waals surface area contributed by atoms with E-state index in [1.54, 1.807) is 37.3 Å². The van der Waals surface area contributed by atoms with Crippen molar-refractivity contribution in [3.8, 4) is 5.75 Å². The molecule has 0 saturated carbocycles. The zero-order chi connectivity index (χ0) is 13.8. The molecule has 4 nitrogen and oxygen atoms in total. The summed E-state index contributed by atoms with van der Waals surface area (Å²) in [7, 11) is 0. The molecule has 0 aliphatic rings. The summed E-state index contributed by atoms with van der Waals surface area (Å²) in [4.78, 5) is 23.1. The zero-order valence-electron chi connectivity index (χ0n) is 10.2. The van der Waals surface area contributed by atoms with E-state index in [2.05, 4.69) is 15.9 Å². The molecule has 19 heavy (non-hydrogen) atoms. The Kier molecular flexibility index (Phi) is 4.16. The number of hydrogen-bond donors (Lipinski definition) is 0. The smallest absolute Gasteiger partial charge is 0.379 e. The lowest BCUT2D eigenvalue weighted by Gasteiger charge is -2.03. The van der Waals surface area contributed by atoms with E-state index < -0.39 is 5.97 Å². The molecule has 1 heterocycles. The highest BCUT2D eigenvalue weighted by molar-refractivity contribution is 9.10. The molecule has 0 unspecified atom stereocenters. The largest absolute Gasteiger partial charge is 0.442 e. The predicted octanol–water partition coefficient (Wildman–Crippen LogP) is 3.85. The number of Topliss-reactive ketones (excluding diaryl/α,β-unsaturated/α-hetero) is 1. The minimum absolute atomic E-state index is 0.0489. The molecule has 0 aliphatic carbocycles. The summed E-state index contributed by atoms with van der Waals surface area (Å²) in [5.74, 6) is -0.0566. The van der Waals surface area contributed by atoms with Gasteiger partial charge in [0.1, 0.15) is 5.75 Å². The molecule has 1 aromatic heterocycles. The van der Waals surface area contributed by atoms with Crippen LogP contribution in [0.4, 0.5) is 0 Å². The van der Waals surface area contributed by atoms with Crippen LogP contribution in [0.25, 0.3) is 0 Å². The summed E-state index contributed by atoms with van der Waals surface area (Å²) in [6.45, 7) is 1.80. The van der Waals surface area contributed by atoms with Crippen LogP contribution in [0.2, 0.25) is 0 Å². The molecule has 5 heteroatoms. The van der Waals surface area contributed by atoms with Crippen LogP contribution in [-0.2, 0) is 0 Å². The van der Waals surface area contributed by atoms with E-state index in [1.807, 2.05) is 0 Å². The second-order valence-electron chi connectivity index (χ2n) is 3.79. The lowest BCUT2D eigenvalue weighted by molar-refractivity contribution is 0.0700. The molecule has 0 atom stereocenters. The van der Waals surface area contributed by atoms with Crippen LogP contribution >= 0.6 is 15.9 Å². The number of halogens is 1. The average molecular weight is 323 g/mol. The second-order valence-corrected chi connectivity index (χ2v) is 4.58. The van der Waals surface area contributed by atoms with Crippen LogP contribution in [0.15, 0.2) is 45.5 Å². The van der Waals surface area contributed by atoms with Crippen LogP contribution in [-0.4, -0.2) is 11.8 Å². The Hall–Kier alpha value is -1.88. The van der Waals surface area contributed by atoms with Gasteiger partial charge in [-0.3, -0.25) is 4.79 Å². The Labute approximate surface area is 118 Å². The van der Waals surface area contributed by atoms with Gasteiger partial charge in [0.05, 0.1) is 0 Å². The molecular weight excluding hydrogens is 312 g/mol. The predicted molar refractivity (Wildman–Crippen MR) is 72.4 cm³/mol. The monoisotopic (exact) mass is 322 g/mol. The summed E-state index contributed by atoms with van der Waals surface area (Å²) in [5.41, 5.74) is 0.600. The van der Waals surface area contributed by atoms with Gasteiger partial charge in [-0.2, -0.15) is 0 Å². The Bertz CT molecular complexity index is 598. The molecule has 0 N–H and O–H groups in total. The number of carbonyl (C=O) groups excluding carboxylic acids is 2. The van der Waals surface area contributed by atoms with Gasteiger partial charge in [-0.25, -0.2) is 4.79 Å². The van der Waals surface area contributed by atoms with Gasteiger partial charge in [0.2, 0.25) is 5.76 Å². The fourth-order valence-electron chi connectivity index (χ4n) is 1.49. The van der Waals surface area contributed by atoms with Crippen molar-refractivity contribution in [3.05, 3.63) is 52.4 Å². The van der Waals surface area contributed by atoms with Crippen molar-refractivity contribution in [2.45, 2.75) is 13.3 Å². The highest BCUT2D eigenvalue weighted by Crippen LogP contribution is 2.18. The van der Waals surface area contributed by atoms with Gasteiger partial charge in [0.15, 0.2) is 10.5 Å². The third-order valence-corrected chi connectivity index (χ3v) is 2.91. The molecule has 1 aromatic carbocycles. The number of carbonyl (C=O) groups is 2. The number of esters is 1. The molecule has 2 rings (SSSR count). The van der Waals surface area contributed by atoms with Gasteiger partial charge in [-0.15, -0.1) is 0 Å². The normalized spacial score (nSPS) is 10.2. The Morgan fingerprint density at radius 2 is 1.84 bits per heavy atom. The fraction of sp³-hybridized carbons (Fsp3) is 0.143. The van der Waals surface area contributed by atoms with Crippen LogP contribution < -0.4 is 4.74 Å². The van der Waals surface area contributed by atoms with Gasteiger partial charge in [-0.05, 0) is 52.3 Å². The number of benzene rings is 1. The molecule has 2 aromatic rings. The van der Waals surface area contributed by atoms with Crippen LogP contribution in [0.1, 0.15) is 34.3 Å². The lowest BCUT2D eigenvalue weighted by atomic mass is 10.1. The van der Waals surface area contributed by atoms with Gasteiger partial charge >= 0.3 is 5.97 Å². The van der Waals surface area contributed by atoms with Crippen molar-refractivity contribution in [2.75, 3.05) is 0 Å². The molecule has 0 spiro atoms. The van der Waals surface area contributed by atoms with Crippen molar-refractivity contribution >= 4 is 27.7 Å². The van der Waals surface area contributed by atoms with Crippen molar-refractivity contribution in [1.29, 1.82) is 0 Å². The van der Waals surface area contributed by atoms with Gasteiger partial charge in [0, 0.05) is 12.0 Å². The first-order valence-corrected chi connectivity index (χ1v) is 6.50. The number of furan rings is 1. The topological polar surface area (TPSA) is 56.5 Å². The van der Waals surface area contributed by atoms with Crippen LogP contribution in [0.5, 0.6) is 5.75 Å². The van der Waals surface area contributed by atoms with Gasteiger partial charge in [0.25, 0.3) is 0 Å². The number of ketones is 1. The third kappa shape index (κ3) is 3.32. The summed E-state index contributed by atoms with van der Waals surface area (Å²) < 4.78 is 10.7. The molecular formula is C14H11BrO4. The SMILES string of the molecule is CCC(=O)c1ccc(OC(=O)c2ccc(Br)o2)cc1. The lowest BCUT2D eigenvalue weighted by Crippen LogP contribution is -2.07. The average Bonchev–Trinajstić information content (AvgIpc) is 2.85. The van der Waals surface area contributed by atoms with Crippen molar-refractivity contribution < 1.29 is 18.7 Å².